The molecule has 2 heterocycles. The summed E-state index contributed by atoms with van der Waals surface area (Å²) in [6.45, 7) is 0.193. The predicted molar refractivity (Wildman–Crippen MR) is 82.7 cm³/mol. The first-order valence-corrected chi connectivity index (χ1v) is 7.49. The lowest BCUT2D eigenvalue weighted by atomic mass is 9.96. The van der Waals surface area contributed by atoms with E-state index in [4.69, 9.17) is 0 Å². The molecule has 0 bridgehead atoms. The molecule has 0 saturated heterocycles. The van der Waals surface area contributed by atoms with E-state index in [9.17, 15) is 14.0 Å². The van der Waals surface area contributed by atoms with Crippen LogP contribution >= 0.6 is 0 Å². The van der Waals surface area contributed by atoms with Gasteiger partial charge in [0.2, 0.25) is 0 Å². The van der Waals surface area contributed by atoms with Crippen LogP contribution in [-0.2, 0) is 16.0 Å². The molecular formula is C16H17FN4O3. The third kappa shape index (κ3) is 3.08. The van der Waals surface area contributed by atoms with Gasteiger partial charge in [-0.2, -0.15) is 0 Å². The van der Waals surface area contributed by atoms with Crippen LogP contribution in [0.15, 0.2) is 30.6 Å². The Bertz CT molecular complexity index is 761. The average molecular weight is 332 g/mol. The Morgan fingerprint density at radius 2 is 2.33 bits per heavy atom. The van der Waals surface area contributed by atoms with Crippen molar-refractivity contribution >= 4 is 12.0 Å². The highest BCUT2D eigenvalue weighted by molar-refractivity contribution is 5.81. The highest BCUT2D eigenvalue weighted by Gasteiger charge is 2.34. The molecule has 1 atom stereocenters. The molecular weight excluding hydrogens is 315 g/mol. The molecule has 0 unspecified atom stereocenters. The largest absolute Gasteiger partial charge is 0.468 e. The number of benzene rings is 1. The van der Waals surface area contributed by atoms with Crippen molar-refractivity contribution in [1.82, 2.24) is 20.2 Å². The summed E-state index contributed by atoms with van der Waals surface area (Å²) in [6.07, 6.45) is 2.17. The molecule has 24 heavy (non-hydrogen) atoms. The lowest BCUT2D eigenvalue weighted by molar-refractivity contribution is -0.139. The molecule has 2 N–H and O–H groups in total. The number of hydrogen-bond acceptors (Lipinski definition) is 4. The number of methoxy groups -OCH3 is 1. The highest BCUT2D eigenvalue weighted by atomic mass is 19.1. The fraction of sp³-hybridized carbons (Fsp3) is 0.312. The van der Waals surface area contributed by atoms with E-state index in [0.29, 0.717) is 24.2 Å². The zero-order valence-electron chi connectivity index (χ0n) is 13.1. The number of amides is 2. The number of H-pyrrole nitrogens is 1. The summed E-state index contributed by atoms with van der Waals surface area (Å²) in [7, 11) is 1.25. The predicted octanol–water partition coefficient (Wildman–Crippen LogP) is 1.38. The van der Waals surface area contributed by atoms with Gasteiger partial charge < -0.3 is 19.9 Å². The maximum Gasteiger partial charge on any atom is 0.325 e. The van der Waals surface area contributed by atoms with E-state index < -0.39 is 18.0 Å². The third-order valence-electron chi connectivity index (χ3n) is 3.96. The SMILES string of the molecule is COC(=O)CNC(=O)N1CCc2[nH]cnc2[C@@H]1c1cccc(F)c1. The summed E-state index contributed by atoms with van der Waals surface area (Å²) in [5.41, 5.74) is 2.22. The molecule has 0 aliphatic carbocycles. The first kappa shape index (κ1) is 16.0. The number of fused-ring (bicyclic) bond motifs is 1. The molecule has 1 aliphatic heterocycles. The van der Waals surface area contributed by atoms with Crippen molar-refractivity contribution in [1.29, 1.82) is 0 Å². The fourth-order valence-corrected chi connectivity index (χ4v) is 2.83. The van der Waals surface area contributed by atoms with Gasteiger partial charge in [-0.1, -0.05) is 12.1 Å². The van der Waals surface area contributed by atoms with Gasteiger partial charge in [-0.15, -0.1) is 0 Å². The van der Waals surface area contributed by atoms with Crippen molar-refractivity contribution in [2.45, 2.75) is 12.5 Å². The minimum Gasteiger partial charge on any atom is -0.468 e. The van der Waals surface area contributed by atoms with Crippen LogP contribution in [0.5, 0.6) is 0 Å². The van der Waals surface area contributed by atoms with Gasteiger partial charge in [-0.3, -0.25) is 4.79 Å². The standard InChI is InChI=1S/C16H17FN4O3/c1-24-13(22)8-18-16(23)21-6-5-12-14(20-9-19-12)15(21)10-3-2-4-11(17)7-10/h2-4,7,9,15H,5-6,8H2,1H3,(H,18,23)(H,19,20)/t15-/m0/s1. The molecule has 1 aromatic heterocycles. The monoisotopic (exact) mass is 332 g/mol. The van der Waals surface area contributed by atoms with Gasteiger partial charge in [0.05, 0.1) is 19.1 Å². The number of nitrogens with one attached hydrogen (secondary N) is 2. The first-order valence-electron chi connectivity index (χ1n) is 7.49. The fourth-order valence-electron chi connectivity index (χ4n) is 2.83. The smallest absolute Gasteiger partial charge is 0.325 e. The Labute approximate surface area is 137 Å². The Kier molecular flexibility index (Phi) is 4.45. The summed E-state index contributed by atoms with van der Waals surface area (Å²) in [5, 5.41) is 2.52. The maximum atomic E-state index is 13.6. The number of carbonyl (C=O) groups excluding carboxylic acids is 2. The Morgan fingerprint density at radius 3 is 3.08 bits per heavy atom. The van der Waals surface area contributed by atoms with Gasteiger partial charge in [0, 0.05) is 18.7 Å². The highest BCUT2D eigenvalue weighted by Crippen LogP contribution is 2.33. The van der Waals surface area contributed by atoms with Gasteiger partial charge in [-0.25, -0.2) is 14.2 Å². The molecule has 1 aromatic carbocycles. The number of nitrogens with zero attached hydrogens (tertiary/aromatic N) is 2. The Morgan fingerprint density at radius 1 is 1.50 bits per heavy atom. The maximum absolute atomic E-state index is 13.6. The summed E-state index contributed by atoms with van der Waals surface area (Å²) in [4.78, 5) is 32.6. The van der Waals surface area contributed by atoms with Crippen LogP contribution in [0.25, 0.3) is 0 Å². The van der Waals surface area contributed by atoms with Gasteiger partial charge in [-0.05, 0) is 17.7 Å². The topological polar surface area (TPSA) is 87.3 Å². The zero-order valence-corrected chi connectivity index (χ0v) is 13.1. The van der Waals surface area contributed by atoms with Crippen molar-refractivity contribution in [3.63, 3.8) is 0 Å². The molecule has 0 saturated carbocycles. The van der Waals surface area contributed by atoms with Gasteiger partial charge in [0.15, 0.2) is 0 Å². The number of aromatic amines is 1. The number of esters is 1. The molecule has 0 fully saturated rings. The van der Waals surface area contributed by atoms with E-state index in [0.717, 1.165) is 5.69 Å². The lowest BCUT2D eigenvalue weighted by Crippen LogP contribution is -2.47. The van der Waals surface area contributed by atoms with E-state index >= 15 is 0 Å². The first-order chi connectivity index (χ1) is 11.6. The van der Waals surface area contributed by atoms with Crippen molar-refractivity contribution in [3.8, 4) is 0 Å². The van der Waals surface area contributed by atoms with Crippen LogP contribution in [0, 0.1) is 5.82 Å². The summed E-state index contributed by atoms with van der Waals surface area (Å²) in [6, 6.07) is 5.12. The van der Waals surface area contributed by atoms with Crippen LogP contribution < -0.4 is 5.32 Å². The Hall–Kier alpha value is -2.90. The molecule has 126 valence electrons. The summed E-state index contributed by atoms with van der Waals surface area (Å²) >= 11 is 0. The number of rotatable bonds is 3. The van der Waals surface area contributed by atoms with Crippen molar-refractivity contribution in [2.24, 2.45) is 0 Å². The van der Waals surface area contributed by atoms with E-state index in [1.54, 1.807) is 23.4 Å². The van der Waals surface area contributed by atoms with Crippen LogP contribution in [0.3, 0.4) is 0 Å². The van der Waals surface area contributed by atoms with Crippen LogP contribution in [0.4, 0.5) is 9.18 Å². The minimum absolute atomic E-state index is 0.227. The Balaban J connectivity index is 1.90. The van der Waals surface area contributed by atoms with E-state index in [2.05, 4.69) is 20.0 Å². The third-order valence-corrected chi connectivity index (χ3v) is 3.96. The number of carbonyl (C=O) groups is 2. The van der Waals surface area contributed by atoms with Crippen LogP contribution in [-0.4, -0.2) is 47.1 Å². The average Bonchev–Trinajstić information content (AvgIpc) is 3.07. The normalized spacial score (nSPS) is 16.4. The van der Waals surface area contributed by atoms with Crippen LogP contribution in [0.1, 0.15) is 23.0 Å². The zero-order chi connectivity index (χ0) is 17.1. The second-order valence-corrected chi connectivity index (χ2v) is 5.40. The molecule has 8 heteroatoms. The molecule has 0 radical (unpaired) electrons. The number of halogens is 1. The molecule has 1 aliphatic rings. The van der Waals surface area contributed by atoms with Crippen molar-refractivity contribution in [2.75, 3.05) is 20.2 Å². The number of ether oxygens (including phenoxy) is 1. The number of imidazole rings is 1. The van der Waals surface area contributed by atoms with Gasteiger partial charge in [0.25, 0.3) is 0 Å². The molecule has 2 amide bonds. The quantitative estimate of drug-likeness (QED) is 0.831. The second kappa shape index (κ2) is 6.69. The van der Waals surface area contributed by atoms with Gasteiger partial charge >= 0.3 is 12.0 Å². The van der Waals surface area contributed by atoms with Gasteiger partial charge in [0.1, 0.15) is 18.4 Å². The summed E-state index contributed by atoms with van der Waals surface area (Å²) < 4.78 is 18.2. The molecule has 7 nitrogen and oxygen atoms in total. The second-order valence-electron chi connectivity index (χ2n) is 5.40. The van der Waals surface area contributed by atoms with E-state index in [1.807, 2.05) is 0 Å². The number of urea groups is 1. The molecule has 0 spiro atoms. The van der Waals surface area contributed by atoms with E-state index in [1.165, 1.54) is 19.2 Å². The molecule has 2 aromatic rings. The summed E-state index contributed by atoms with van der Waals surface area (Å²) in [5.74, 6) is -0.923. The number of hydrogen-bond donors (Lipinski definition) is 2. The lowest BCUT2D eigenvalue weighted by Gasteiger charge is -2.35. The minimum atomic E-state index is -0.539. The van der Waals surface area contributed by atoms with E-state index in [-0.39, 0.29) is 12.4 Å². The number of aromatic nitrogens is 2. The van der Waals surface area contributed by atoms with Crippen LogP contribution in [0.2, 0.25) is 0 Å². The van der Waals surface area contributed by atoms with Crippen molar-refractivity contribution < 1.29 is 18.7 Å². The molecule has 3 rings (SSSR count). The van der Waals surface area contributed by atoms with Crippen molar-refractivity contribution in [3.05, 3.63) is 53.4 Å².